The molecule has 0 radical (unpaired) electrons. The van der Waals surface area contributed by atoms with Gasteiger partial charge in [0.1, 0.15) is 5.82 Å². The fourth-order valence-electron chi connectivity index (χ4n) is 3.66. The average molecular weight is 418 g/mol. The SMILES string of the molecule is COCc1cnc(C)nc1C1CCN(C(=O)CCS(=O)(=O)c2ccccc2)CC1. The number of nitrogens with zero attached hydrogens (tertiary/aromatic N) is 3. The van der Waals surface area contributed by atoms with Crippen molar-refractivity contribution in [2.24, 2.45) is 0 Å². The Hall–Kier alpha value is -2.32. The van der Waals surface area contributed by atoms with Crippen molar-refractivity contribution in [3.05, 3.63) is 53.6 Å². The molecule has 2 aromatic rings. The third kappa shape index (κ3) is 5.39. The fourth-order valence-corrected chi connectivity index (χ4v) is 4.91. The average Bonchev–Trinajstić information content (AvgIpc) is 2.74. The van der Waals surface area contributed by atoms with Crippen LogP contribution in [0.25, 0.3) is 0 Å². The summed E-state index contributed by atoms with van der Waals surface area (Å²) in [6.45, 7) is 3.53. The molecule has 0 spiro atoms. The Morgan fingerprint density at radius 2 is 1.90 bits per heavy atom. The lowest BCUT2D eigenvalue weighted by atomic mass is 9.90. The summed E-state index contributed by atoms with van der Waals surface area (Å²) in [5.74, 6) is 0.696. The van der Waals surface area contributed by atoms with Crippen molar-refractivity contribution in [3.63, 3.8) is 0 Å². The maximum absolute atomic E-state index is 12.6. The number of hydrogen-bond acceptors (Lipinski definition) is 6. The van der Waals surface area contributed by atoms with Gasteiger partial charge in [0.05, 0.1) is 22.9 Å². The molecule has 1 aliphatic heterocycles. The maximum atomic E-state index is 12.6. The van der Waals surface area contributed by atoms with E-state index in [1.807, 2.05) is 13.1 Å². The molecule has 1 aromatic carbocycles. The first-order valence-electron chi connectivity index (χ1n) is 9.77. The second kappa shape index (κ2) is 9.45. The van der Waals surface area contributed by atoms with Crippen molar-refractivity contribution in [1.82, 2.24) is 14.9 Å². The summed E-state index contributed by atoms with van der Waals surface area (Å²) >= 11 is 0. The summed E-state index contributed by atoms with van der Waals surface area (Å²) in [5, 5.41) is 0. The van der Waals surface area contributed by atoms with Crippen LogP contribution in [0.5, 0.6) is 0 Å². The molecule has 1 saturated heterocycles. The highest BCUT2D eigenvalue weighted by molar-refractivity contribution is 7.91. The van der Waals surface area contributed by atoms with Gasteiger partial charge in [0.15, 0.2) is 9.84 Å². The topological polar surface area (TPSA) is 89.5 Å². The van der Waals surface area contributed by atoms with Crippen LogP contribution < -0.4 is 0 Å². The van der Waals surface area contributed by atoms with E-state index >= 15 is 0 Å². The largest absolute Gasteiger partial charge is 0.380 e. The van der Waals surface area contributed by atoms with Gasteiger partial charge in [0.2, 0.25) is 5.91 Å². The van der Waals surface area contributed by atoms with Crippen molar-refractivity contribution in [2.45, 2.75) is 43.6 Å². The number of benzene rings is 1. The lowest BCUT2D eigenvalue weighted by Crippen LogP contribution is -2.39. The highest BCUT2D eigenvalue weighted by Crippen LogP contribution is 2.29. The van der Waals surface area contributed by atoms with Gasteiger partial charge >= 0.3 is 0 Å². The van der Waals surface area contributed by atoms with E-state index in [-0.39, 0.29) is 28.9 Å². The van der Waals surface area contributed by atoms with E-state index in [1.165, 1.54) is 0 Å². The first kappa shape index (κ1) is 21.4. The van der Waals surface area contributed by atoms with E-state index in [0.29, 0.717) is 19.7 Å². The molecule has 2 heterocycles. The Kier molecular flexibility index (Phi) is 6.97. The highest BCUT2D eigenvalue weighted by atomic mass is 32.2. The van der Waals surface area contributed by atoms with Gasteiger partial charge in [-0.1, -0.05) is 18.2 Å². The van der Waals surface area contributed by atoms with Crippen LogP contribution in [0.4, 0.5) is 0 Å². The van der Waals surface area contributed by atoms with Gasteiger partial charge in [0.25, 0.3) is 0 Å². The summed E-state index contributed by atoms with van der Waals surface area (Å²) in [6, 6.07) is 8.27. The molecule has 8 heteroatoms. The van der Waals surface area contributed by atoms with Crippen LogP contribution in [-0.4, -0.2) is 55.1 Å². The molecule has 0 N–H and O–H groups in total. The Labute approximate surface area is 172 Å². The van der Waals surface area contributed by atoms with Crippen molar-refractivity contribution < 1.29 is 17.9 Å². The predicted molar refractivity (Wildman–Crippen MR) is 109 cm³/mol. The first-order valence-corrected chi connectivity index (χ1v) is 11.4. The molecule has 7 nitrogen and oxygen atoms in total. The lowest BCUT2D eigenvalue weighted by molar-refractivity contribution is -0.131. The zero-order valence-corrected chi connectivity index (χ0v) is 17.7. The zero-order chi connectivity index (χ0) is 20.9. The molecule has 0 atom stereocenters. The molecular formula is C21H27N3O4S. The molecular weight excluding hydrogens is 390 g/mol. The van der Waals surface area contributed by atoms with Crippen LogP contribution in [0.2, 0.25) is 0 Å². The van der Waals surface area contributed by atoms with E-state index in [2.05, 4.69) is 9.97 Å². The highest BCUT2D eigenvalue weighted by Gasteiger charge is 2.27. The number of rotatable bonds is 7. The molecule has 1 amide bonds. The Morgan fingerprint density at radius 1 is 1.21 bits per heavy atom. The number of carbonyl (C=O) groups is 1. The van der Waals surface area contributed by atoms with E-state index in [1.54, 1.807) is 42.3 Å². The van der Waals surface area contributed by atoms with Crippen LogP contribution in [0.15, 0.2) is 41.4 Å². The molecule has 0 saturated carbocycles. The number of piperidine rings is 1. The lowest BCUT2D eigenvalue weighted by Gasteiger charge is -2.32. The van der Waals surface area contributed by atoms with Gasteiger partial charge in [-0.05, 0) is 31.9 Å². The first-order chi connectivity index (χ1) is 13.9. The molecule has 0 aliphatic carbocycles. The number of methoxy groups -OCH3 is 1. The number of sulfone groups is 1. The molecule has 1 aromatic heterocycles. The number of amides is 1. The van der Waals surface area contributed by atoms with Crippen molar-refractivity contribution >= 4 is 15.7 Å². The summed E-state index contributed by atoms with van der Waals surface area (Å²) in [6.07, 6.45) is 3.41. The van der Waals surface area contributed by atoms with E-state index in [4.69, 9.17) is 4.74 Å². The minimum Gasteiger partial charge on any atom is -0.380 e. The summed E-state index contributed by atoms with van der Waals surface area (Å²) in [4.78, 5) is 23.5. The Balaban J connectivity index is 1.57. The molecule has 156 valence electrons. The van der Waals surface area contributed by atoms with Crippen molar-refractivity contribution in [3.8, 4) is 0 Å². The predicted octanol–water partition coefficient (Wildman–Crippen LogP) is 2.50. The van der Waals surface area contributed by atoms with Gasteiger partial charge in [-0.25, -0.2) is 18.4 Å². The van der Waals surface area contributed by atoms with Crippen LogP contribution in [0, 0.1) is 6.92 Å². The standard InChI is InChI=1S/C21H27N3O4S/c1-16-22-14-18(15-28-2)21(23-16)17-8-11-24(12-9-17)20(25)10-13-29(26,27)19-6-4-3-5-7-19/h3-7,14,17H,8-13,15H2,1-2H3. The summed E-state index contributed by atoms with van der Waals surface area (Å²) in [7, 11) is -1.80. The van der Waals surface area contributed by atoms with E-state index in [9.17, 15) is 13.2 Å². The third-order valence-electron chi connectivity index (χ3n) is 5.24. The summed E-state index contributed by atoms with van der Waals surface area (Å²) < 4.78 is 30.0. The van der Waals surface area contributed by atoms with Gasteiger partial charge in [-0.3, -0.25) is 4.79 Å². The fraction of sp³-hybridized carbons (Fsp3) is 0.476. The number of aryl methyl sites for hydroxylation is 1. The molecule has 29 heavy (non-hydrogen) atoms. The number of ether oxygens (including phenoxy) is 1. The molecule has 3 rings (SSSR count). The van der Waals surface area contributed by atoms with Crippen LogP contribution in [0.1, 0.15) is 42.3 Å². The summed E-state index contributed by atoms with van der Waals surface area (Å²) in [5.41, 5.74) is 1.98. The monoisotopic (exact) mass is 417 g/mol. The number of aromatic nitrogens is 2. The number of likely N-dealkylation sites (tertiary alicyclic amines) is 1. The van der Waals surface area contributed by atoms with Crippen LogP contribution in [-0.2, 0) is 26.0 Å². The molecule has 0 bridgehead atoms. The number of carbonyl (C=O) groups excluding carboxylic acids is 1. The number of hydrogen-bond donors (Lipinski definition) is 0. The van der Waals surface area contributed by atoms with E-state index in [0.717, 1.165) is 29.9 Å². The maximum Gasteiger partial charge on any atom is 0.223 e. The van der Waals surface area contributed by atoms with Crippen molar-refractivity contribution in [2.75, 3.05) is 26.0 Å². The third-order valence-corrected chi connectivity index (χ3v) is 6.97. The normalized spacial score (nSPS) is 15.4. The van der Waals surface area contributed by atoms with Gasteiger partial charge in [-0.15, -0.1) is 0 Å². The quantitative estimate of drug-likeness (QED) is 0.688. The minimum absolute atomic E-state index is 0.00341. The molecule has 0 unspecified atom stereocenters. The smallest absolute Gasteiger partial charge is 0.223 e. The minimum atomic E-state index is -3.44. The van der Waals surface area contributed by atoms with Crippen molar-refractivity contribution in [1.29, 1.82) is 0 Å². The van der Waals surface area contributed by atoms with E-state index < -0.39 is 9.84 Å². The Morgan fingerprint density at radius 3 is 2.55 bits per heavy atom. The van der Waals surface area contributed by atoms with Gasteiger partial charge in [-0.2, -0.15) is 0 Å². The van der Waals surface area contributed by atoms with Crippen LogP contribution in [0.3, 0.4) is 0 Å². The van der Waals surface area contributed by atoms with Crippen LogP contribution >= 0.6 is 0 Å². The van der Waals surface area contributed by atoms with Gasteiger partial charge in [0, 0.05) is 44.3 Å². The Bertz CT molecular complexity index is 940. The van der Waals surface area contributed by atoms with Gasteiger partial charge < -0.3 is 9.64 Å². The zero-order valence-electron chi connectivity index (χ0n) is 16.9. The second-order valence-electron chi connectivity index (χ2n) is 7.30. The molecule has 1 fully saturated rings. The molecule has 1 aliphatic rings. The second-order valence-corrected chi connectivity index (χ2v) is 9.41.